The zero-order chi connectivity index (χ0) is 17.8. The van der Waals surface area contributed by atoms with Gasteiger partial charge in [0.05, 0.1) is 11.5 Å². The Morgan fingerprint density at radius 2 is 1.92 bits per heavy atom. The Balaban J connectivity index is 1.68. The number of benzene rings is 2. The van der Waals surface area contributed by atoms with E-state index in [1.54, 1.807) is 0 Å². The third kappa shape index (κ3) is 4.17. The molecule has 1 N–H and O–H groups in total. The fraction of sp³-hybridized carbons (Fsp3) is 0.263. The molecule has 4 nitrogen and oxygen atoms in total. The predicted molar refractivity (Wildman–Crippen MR) is 95.1 cm³/mol. The molecule has 25 heavy (non-hydrogen) atoms. The van der Waals surface area contributed by atoms with E-state index < -0.39 is 11.7 Å². The Hall–Kier alpha value is -2.40. The fourth-order valence-electron chi connectivity index (χ4n) is 2.97. The number of rotatable bonds is 3. The summed E-state index contributed by atoms with van der Waals surface area (Å²) in [6.45, 7) is 0.787. The lowest BCUT2D eigenvalue weighted by molar-refractivity contribution is -0.121. The number of amides is 2. The minimum Gasteiger partial charge on any atom is -0.338 e. The average molecular weight is 361 g/mol. The van der Waals surface area contributed by atoms with Gasteiger partial charge in [0.25, 0.3) is 5.91 Å². The second-order valence-corrected chi connectivity index (χ2v) is 6.51. The Labute approximate surface area is 150 Å². The molecule has 0 aliphatic carbocycles. The molecule has 2 aromatic carbocycles. The molecule has 0 bridgehead atoms. The highest BCUT2D eigenvalue weighted by molar-refractivity contribution is 6.30. The van der Waals surface area contributed by atoms with E-state index >= 15 is 0 Å². The Kier molecular flexibility index (Phi) is 5.34. The van der Waals surface area contributed by atoms with Crippen LogP contribution in [0.3, 0.4) is 0 Å². The molecule has 0 saturated carbocycles. The van der Waals surface area contributed by atoms with E-state index in [1.807, 2.05) is 30.3 Å². The molecule has 0 aromatic heterocycles. The minimum atomic E-state index is -0.645. The standard InChI is InChI=1S/C19H18ClFN2O2/c20-14-8-9-16(17(21)11-14)19(25)23-10-4-5-13(12-23)18(24)22-15-6-2-1-3-7-15/h1-3,6-9,11,13H,4-5,10,12H2,(H,22,24). The molecule has 2 amide bonds. The van der Waals surface area contributed by atoms with Crippen LogP contribution in [0.15, 0.2) is 48.5 Å². The second-order valence-electron chi connectivity index (χ2n) is 6.07. The van der Waals surface area contributed by atoms with Crippen LogP contribution < -0.4 is 5.32 Å². The summed E-state index contributed by atoms with van der Waals surface area (Å²) >= 11 is 5.73. The highest BCUT2D eigenvalue weighted by Crippen LogP contribution is 2.22. The van der Waals surface area contributed by atoms with Crippen molar-refractivity contribution in [1.82, 2.24) is 4.90 Å². The fourth-order valence-corrected chi connectivity index (χ4v) is 3.13. The van der Waals surface area contributed by atoms with Gasteiger partial charge < -0.3 is 10.2 Å². The third-order valence-electron chi connectivity index (χ3n) is 4.28. The van der Waals surface area contributed by atoms with E-state index in [1.165, 1.54) is 17.0 Å². The monoisotopic (exact) mass is 360 g/mol. The number of halogens is 2. The molecule has 130 valence electrons. The molecule has 1 aliphatic heterocycles. The van der Waals surface area contributed by atoms with Gasteiger partial charge in [0.15, 0.2) is 0 Å². The average Bonchev–Trinajstić information content (AvgIpc) is 2.62. The number of likely N-dealkylation sites (tertiary alicyclic amines) is 1. The van der Waals surface area contributed by atoms with Crippen molar-refractivity contribution in [3.63, 3.8) is 0 Å². The Morgan fingerprint density at radius 3 is 2.64 bits per heavy atom. The maximum atomic E-state index is 14.0. The molecule has 1 heterocycles. The van der Waals surface area contributed by atoms with Crippen molar-refractivity contribution in [2.24, 2.45) is 5.92 Å². The highest BCUT2D eigenvalue weighted by Gasteiger charge is 2.30. The lowest BCUT2D eigenvalue weighted by Gasteiger charge is -2.32. The first kappa shape index (κ1) is 17.4. The summed E-state index contributed by atoms with van der Waals surface area (Å²) in [6.07, 6.45) is 1.40. The van der Waals surface area contributed by atoms with Crippen LogP contribution >= 0.6 is 11.6 Å². The Morgan fingerprint density at radius 1 is 1.16 bits per heavy atom. The van der Waals surface area contributed by atoms with Crippen molar-refractivity contribution < 1.29 is 14.0 Å². The summed E-state index contributed by atoms with van der Waals surface area (Å²) in [5.41, 5.74) is 0.702. The molecule has 0 radical (unpaired) electrons. The normalized spacial score (nSPS) is 17.2. The quantitative estimate of drug-likeness (QED) is 0.900. The van der Waals surface area contributed by atoms with Gasteiger partial charge in [-0.25, -0.2) is 4.39 Å². The van der Waals surface area contributed by atoms with Crippen molar-refractivity contribution >= 4 is 29.1 Å². The molecule has 6 heteroatoms. The van der Waals surface area contributed by atoms with Crippen molar-refractivity contribution in [3.05, 3.63) is 64.9 Å². The molecular weight excluding hydrogens is 343 g/mol. The van der Waals surface area contributed by atoms with Crippen molar-refractivity contribution in [3.8, 4) is 0 Å². The number of anilines is 1. The number of nitrogens with zero attached hydrogens (tertiary/aromatic N) is 1. The van der Waals surface area contributed by atoms with Gasteiger partial charge in [-0.3, -0.25) is 9.59 Å². The van der Waals surface area contributed by atoms with Gasteiger partial charge in [0, 0.05) is 23.8 Å². The van der Waals surface area contributed by atoms with E-state index in [2.05, 4.69) is 5.32 Å². The van der Waals surface area contributed by atoms with Gasteiger partial charge in [-0.05, 0) is 43.2 Å². The first-order chi connectivity index (χ1) is 12.0. The molecule has 1 saturated heterocycles. The summed E-state index contributed by atoms with van der Waals surface area (Å²) in [7, 11) is 0. The van der Waals surface area contributed by atoms with Crippen LogP contribution in [0.2, 0.25) is 5.02 Å². The van der Waals surface area contributed by atoms with Gasteiger partial charge in [-0.2, -0.15) is 0 Å². The van der Waals surface area contributed by atoms with Crippen LogP contribution in [-0.4, -0.2) is 29.8 Å². The second kappa shape index (κ2) is 7.66. The lowest BCUT2D eigenvalue weighted by Crippen LogP contribution is -2.44. The van der Waals surface area contributed by atoms with Gasteiger partial charge in [-0.15, -0.1) is 0 Å². The third-order valence-corrected chi connectivity index (χ3v) is 4.52. The summed E-state index contributed by atoms with van der Waals surface area (Å²) in [4.78, 5) is 26.5. The molecular formula is C19H18ClFN2O2. The maximum absolute atomic E-state index is 14.0. The molecule has 1 aliphatic rings. The Bertz CT molecular complexity index is 782. The number of nitrogens with one attached hydrogen (secondary N) is 1. The number of para-hydroxylation sites is 1. The zero-order valence-electron chi connectivity index (χ0n) is 13.5. The number of piperidine rings is 1. The van der Waals surface area contributed by atoms with E-state index in [0.717, 1.165) is 11.8 Å². The van der Waals surface area contributed by atoms with Crippen molar-refractivity contribution in [1.29, 1.82) is 0 Å². The highest BCUT2D eigenvalue weighted by atomic mass is 35.5. The number of hydrogen-bond acceptors (Lipinski definition) is 2. The molecule has 1 unspecified atom stereocenters. The van der Waals surface area contributed by atoms with Crippen LogP contribution in [-0.2, 0) is 4.79 Å². The van der Waals surface area contributed by atoms with E-state index in [9.17, 15) is 14.0 Å². The molecule has 1 atom stereocenters. The number of carbonyl (C=O) groups is 2. The summed E-state index contributed by atoms with van der Waals surface area (Å²) in [5.74, 6) is -1.49. The van der Waals surface area contributed by atoms with Gasteiger partial charge in [0.1, 0.15) is 5.82 Å². The molecule has 3 rings (SSSR count). The molecule has 1 fully saturated rings. The van der Waals surface area contributed by atoms with Crippen LogP contribution in [0.25, 0.3) is 0 Å². The number of carbonyl (C=O) groups excluding carboxylic acids is 2. The first-order valence-corrected chi connectivity index (χ1v) is 8.52. The zero-order valence-corrected chi connectivity index (χ0v) is 14.3. The van der Waals surface area contributed by atoms with E-state index in [4.69, 9.17) is 11.6 Å². The van der Waals surface area contributed by atoms with Crippen molar-refractivity contribution in [2.45, 2.75) is 12.8 Å². The summed E-state index contributed by atoms with van der Waals surface area (Å²) in [6, 6.07) is 13.2. The van der Waals surface area contributed by atoms with Crippen LogP contribution in [0.5, 0.6) is 0 Å². The summed E-state index contributed by atoms with van der Waals surface area (Å²) < 4.78 is 14.0. The minimum absolute atomic E-state index is 0.0199. The molecule has 2 aromatic rings. The van der Waals surface area contributed by atoms with Gasteiger partial charge in [-0.1, -0.05) is 29.8 Å². The SMILES string of the molecule is O=C(Nc1ccccc1)C1CCCN(C(=O)c2ccc(Cl)cc2F)C1. The smallest absolute Gasteiger partial charge is 0.256 e. The first-order valence-electron chi connectivity index (χ1n) is 8.15. The van der Waals surface area contributed by atoms with Gasteiger partial charge in [0.2, 0.25) is 5.91 Å². The molecule has 0 spiro atoms. The van der Waals surface area contributed by atoms with E-state index in [-0.39, 0.29) is 29.0 Å². The predicted octanol–water partition coefficient (Wildman–Crippen LogP) is 3.97. The van der Waals surface area contributed by atoms with Crippen LogP contribution in [0.4, 0.5) is 10.1 Å². The topological polar surface area (TPSA) is 49.4 Å². The number of hydrogen-bond donors (Lipinski definition) is 1. The maximum Gasteiger partial charge on any atom is 0.256 e. The van der Waals surface area contributed by atoms with Crippen LogP contribution in [0, 0.1) is 11.7 Å². The summed E-state index contributed by atoms with van der Waals surface area (Å²) in [5, 5.41) is 3.10. The largest absolute Gasteiger partial charge is 0.338 e. The van der Waals surface area contributed by atoms with Crippen molar-refractivity contribution in [2.75, 3.05) is 18.4 Å². The van der Waals surface area contributed by atoms with E-state index in [0.29, 0.717) is 19.4 Å². The van der Waals surface area contributed by atoms with Crippen LogP contribution in [0.1, 0.15) is 23.2 Å². The lowest BCUT2D eigenvalue weighted by atomic mass is 9.96. The van der Waals surface area contributed by atoms with Gasteiger partial charge >= 0.3 is 0 Å².